The molecule has 2 nitrogen and oxygen atoms in total. The second-order valence-corrected chi connectivity index (χ2v) is 19.3. The van der Waals surface area contributed by atoms with E-state index in [0.717, 1.165) is 39.0 Å². The topological polar surface area (TPSA) is 16.4 Å². The first-order valence-electron chi connectivity index (χ1n) is 23.3. The smallest absolute Gasteiger partial charge is 0.143 e. The molecule has 0 N–H and O–H groups in total. The maximum atomic E-state index is 6.54. The summed E-state index contributed by atoms with van der Waals surface area (Å²) in [5.41, 5.74) is 19.7. The predicted octanol–water partition coefficient (Wildman–Crippen LogP) is 16.7. The summed E-state index contributed by atoms with van der Waals surface area (Å²) >= 11 is 0. The van der Waals surface area contributed by atoms with E-state index in [9.17, 15) is 0 Å². The molecule has 1 aromatic heterocycles. The maximum Gasteiger partial charge on any atom is 0.143 e. The van der Waals surface area contributed by atoms with E-state index in [1.165, 1.54) is 114 Å². The monoisotopic (exact) mass is 793 g/mol. The molecule has 2 fully saturated rings. The Bertz CT molecular complexity index is 2980. The van der Waals surface area contributed by atoms with Gasteiger partial charge in [-0.2, -0.15) is 0 Å². The van der Waals surface area contributed by atoms with Gasteiger partial charge < -0.3 is 9.32 Å². The van der Waals surface area contributed by atoms with E-state index < -0.39 is 0 Å². The van der Waals surface area contributed by atoms with Crippen LogP contribution in [0.25, 0.3) is 55.3 Å². The number of hydrogen-bond acceptors (Lipinski definition) is 2. The van der Waals surface area contributed by atoms with E-state index in [0.29, 0.717) is 11.8 Å². The van der Waals surface area contributed by atoms with Crippen molar-refractivity contribution in [2.24, 2.45) is 17.8 Å². The third-order valence-electron chi connectivity index (χ3n) is 16.0. The normalized spacial score (nSPS) is 22.2. The number of hydrogen-bond donors (Lipinski definition) is 0. The van der Waals surface area contributed by atoms with Gasteiger partial charge in [0.2, 0.25) is 0 Å². The Hall–Kier alpha value is -5.86. The molecule has 0 aliphatic heterocycles. The number of nitrogens with zero attached hydrogens (tertiary/aromatic N) is 1. The van der Waals surface area contributed by atoms with Gasteiger partial charge in [0.1, 0.15) is 11.2 Å². The zero-order valence-corrected chi connectivity index (χ0v) is 35.9. The summed E-state index contributed by atoms with van der Waals surface area (Å²) in [6, 6.07) is 57.8. The van der Waals surface area contributed by atoms with E-state index in [1.54, 1.807) is 5.56 Å². The van der Waals surface area contributed by atoms with Crippen LogP contribution in [0.1, 0.15) is 101 Å². The van der Waals surface area contributed by atoms with Gasteiger partial charge in [0.25, 0.3) is 0 Å². The molecule has 4 atom stereocenters. The summed E-state index contributed by atoms with van der Waals surface area (Å²) in [4.78, 5) is 2.59. The number of anilines is 3. The number of fused-ring (bicyclic) bond motifs is 13. The molecule has 2 spiro atoms. The SMILES string of the molecule is CCC1C[C@@H](C)C[C@@]2(c3ccccc3-c3cc(N(c4ccc(-c5cccc6c5oc5ccccc56)cc4)c4cccc5c4-c4ccccc4C54CCCCC4)ccc32)[C@@H](C)C1. The van der Waals surface area contributed by atoms with E-state index in [2.05, 4.69) is 177 Å². The van der Waals surface area contributed by atoms with Gasteiger partial charge >= 0.3 is 0 Å². The molecule has 0 amide bonds. The van der Waals surface area contributed by atoms with Crippen LogP contribution in [0.5, 0.6) is 0 Å². The average molecular weight is 794 g/mol. The van der Waals surface area contributed by atoms with Crippen molar-refractivity contribution in [3.63, 3.8) is 0 Å². The molecule has 12 rings (SSSR count). The largest absolute Gasteiger partial charge is 0.455 e. The van der Waals surface area contributed by atoms with Crippen LogP contribution in [0.3, 0.4) is 0 Å². The Morgan fingerprint density at radius 3 is 2.08 bits per heavy atom. The van der Waals surface area contributed by atoms with Gasteiger partial charge in [0.05, 0.1) is 5.69 Å². The van der Waals surface area contributed by atoms with Gasteiger partial charge in [0, 0.05) is 44.1 Å². The summed E-state index contributed by atoms with van der Waals surface area (Å²) in [7, 11) is 0. The fraction of sp³-hybridized carbons (Fsp3) is 0.288. The molecule has 4 aliphatic rings. The Morgan fingerprint density at radius 1 is 0.574 bits per heavy atom. The highest BCUT2D eigenvalue weighted by molar-refractivity contribution is 6.09. The van der Waals surface area contributed by atoms with Crippen LogP contribution in [-0.2, 0) is 10.8 Å². The lowest BCUT2D eigenvalue weighted by molar-refractivity contribution is 0.296. The minimum absolute atomic E-state index is 0.0260. The van der Waals surface area contributed by atoms with Gasteiger partial charge in [-0.25, -0.2) is 0 Å². The first-order chi connectivity index (χ1) is 30.0. The molecule has 0 saturated heterocycles. The zero-order chi connectivity index (χ0) is 40.9. The molecule has 7 aromatic carbocycles. The maximum absolute atomic E-state index is 6.54. The van der Waals surface area contributed by atoms with Crippen molar-refractivity contribution in [1.82, 2.24) is 0 Å². The van der Waals surface area contributed by atoms with Gasteiger partial charge in [-0.1, -0.05) is 162 Å². The molecular weight excluding hydrogens is 739 g/mol. The Balaban J connectivity index is 1.06. The fourth-order valence-corrected chi connectivity index (χ4v) is 13.4. The average Bonchev–Trinajstić information content (AvgIpc) is 3.88. The Kier molecular flexibility index (Phi) is 8.54. The second kappa shape index (κ2) is 14.1. The van der Waals surface area contributed by atoms with Crippen LogP contribution in [0.15, 0.2) is 156 Å². The van der Waals surface area contributed by atoms with Crippen molar-refractivity contribution in [3.05, 3.63) is 174 Å². The molecule has 302 valence electrons. The van der Waals surface area contributed by atoms with Crippen molar-refractivity contribution >= 4 is 39.0 Å². The van der Waals surface area contributed by atoms with Crippen LogP contribution < -0.4 is 4.90 Å². The molecule has 2 saturated carbocycles. The van der Waals surface area contributed by atoms with Crippen LogP contribution >= 0.6 is 0 Å². The predicted molar refractivity (Wildman–Crippen MR) is 255 cm³/mol. The molecule has 4 aliphatic carbocycles. The van der Waals surface area contributed by atoms with Crippen molar-refractivity contribution in [2.75, 3.05) is 4.90 Å². The first-order valence-corrected chi connectivity index (χ1v) is 23.3. The van der Waals surface area contributed by atoms with E-state index in [1.807, 2.05) is 0 Å². The van der Waals surface area contributed by atoms with Crippen LogP contribution in [0, 0.1) is 17.8 Å². The third kappa shape index (κ3) is 5.40. The van der Waals surface area contributed by atoms with Gasteiger partial charge in [-0.15, -0.1) is 0 Å². The molecule has 0 radical (unpaired) electrons. The lowest BCUT2D eigenvalue weighted by atomic mass is 9.65. The lowest BCUT2D eigenvalue weighted by Gasteiger charge is -2.38. The zero-order valence-electron chi connectivity index (χ0n) is 35.9. The molecule has 1 unspecified atom stereocenters. The van der Waals surface area contributed by atoms with Crippen LogP contribution in [-0.4, -0.2) is 0 Å². The molecular formula is C59H55NO. The Morgan fingerprint density at radius 2 is 1.25 bits per heavy atom. The van der Waals surface area contributed by atoms with E-state index in [-0.39, 0.29) is 10.8 Å². The van der Waals surface area contributed by atoms with Crippen molar-refractivity contribution in [1.29, 1.82) is 0 Å². The molecule has 8 aromatic rings. The fourth-order valence-electron chi connectivity index (χ4n) is 13.4. The van der Waals surface area contributed by atoms with Crippen molar-refractivity contribution < 1.29 is 4.42 Å². The minimum Gasteiger partial charge on any atom is -0.455 e. The lowest BCUT2D eigenvalue weighted by Crippen LogP contribution is -2.34. The molecule has 61 heavy (non-hydrogen) atoms. The molecule has 0 bridgehead atoms. The quantitative estimate of drug-likeness (QED) is 0.173. The van der Waals surface area contributed by atoms with Gasteiger partial charge in [-0.05, 0) is 131 Å². The van der Waals surface area contributed by atoms with Gasteiger partial charge in [-0.3, -0.25) is 0 Å². The van der Waals surface area contributed by atoms with Crippen molar-refractivity contribution in [2.45, 2.75) is 89.4 Å². The highest BCUT2D eigenvalue weighted by Gasteiger charge is 2.50. The number of rotatable bonds is 5. The number of furan rings is 1. The minimum atomic E-state index is 0.0260. The van der Waals surface area contributed by atoms with Gasteiger partial charge in [0.15, 0.2) is 0 Å². The summed E-state index contributed by atoms with van der Waals surface area (Å²) in [6.45, 7) is 7.48. The summed E-state index contributed by atoms with van der Waals surface area (Å²) in [5, 5.41) is 2.32. The molecule has 2 heteroatoms. The number of benzene rings is 7. The summed E-state index contributed by atoms with van der Waals surface area (Å²) < 4.78 is 6.54. The van der Waals surface area contributed by atoms with E-state index in [4.69, 9.17) is 4.42 Å². The van der Waals surface area contributed by atoms with Crippen LogP contribution in [0.4, 0.5) is 17.1 Å². The standard InChI is InChI=1S/C59H55NO/c1-4-40-34-38(2)37-59(39(3)35-40)51-22-10-6-16-45(51)49-36-43(30-31-52(49)59)60(54-24-15-23-53-56(54)48-18-7-9-21-50(48)58(53)32-12-5-13-33-58)42-28-26-41(27-29-42)44-19-14-20-47-46-17-8-11-25-55(46)61-57(44)47/h6-11,14-31,36,38-40H,4-5,12-13,32-35,37H2,1-3H3/t38-,39+,40?,59+/m1/s1. The first kappa shape index (κ1) is 36.9. The highest BCUT2D eigenvalue weighted by atomic mass is 16.3. The third-order valence-corrected chi connectivity index (χ3v) is 16.0. The summed E-state index contributed by atoms with van der Waals surface area (Å²) in [6.07, 6.45) is 11.4. The van der Waals surface area contributed by atoms with Crippen molar-refractivity contribution in [3.8, 4) is 33.4 Å². The van der Waals surface area contributed by atoms with E-state index >= 15 is 0 Å². The highest BCUT2D eigenvalue weighted by Crippen LogP contribution is 2.62. The molecule has 1 heterocycles. The summed E-state index contributed by atoms with van der Waals surface area (Å²) in [5.74, 6) is 2.02. The van der Waals surface area contributed by atoms with Crippen LogP contribution in [0.2, 0.25) is 0 Å². The number of para-hydroxylation sites is 2. The Labute approximate surface area is 361 Å². The second-order valence-electron chi connectivity index (χ2n) is 19.3.